The van der Waals surface area contributed by atoms with E-state index in [-0.39, 0.29) is 17.2 Å². The van der Waals surface area contributed by atoms with Gasteiger partial charge in [-0.3, -0.25) is 4.79 Å². The van der Waals surface area contributed by atoms with E-state index in [1.165, 1.54) is 13.4 Å². The number of hydrogen-bond donors (Lipinski definition) is 1. The number of benzene rings is 1. The molecule has 0 aliphatic rings. The molecule has 5 heteroatoms. The minimum absolute atomic E-state index is 0.0723. The Kier molecular flexibility index (Phi) is 3.23. The molecule has 1 aromatic carbocycles. The first-order chi connectivity index (χ1) is 8.63. The second-order valence-corrected chi connectivity index (χ2v) is 3.81. The van der Waals surface area contributed by atoms with Gasteiger partial charge in [0.2, 0.25) is 5.78 Å². The lowest BCUT2D eigenvalue weighted by molar-refractivity contribution is 0.0591. The number of nitrogens with zero attached hydrogens (tertiary/aromatic N) is 1. The van der Waals surface area contributed by atoms with Gasteiger partial charge in [-0.2, -0.15) is 0 Å². The number of ketones is 1. The van der Waals surface area contributed by atoms with Crippen molar-refractivity contribution in [1.29, 1.82) is 0 Å². The monoisotopic (exact) mass is 244 g/mol. The first kappa shape index (κ1) is 12.0. The van der Waals surface area contributed by atoms with E-state index >= 15 is 0 Å². The van der Waals surface area contributed by atoms with Crippen LogP contribution in [0.4, 0.5) is 0 Å². The number of H-pyrrole nitrogens is 1. The number of aromatic nitrogens is 2. The zero-order valence-corrected chi connectivity index (χ0v) is 10.1. The molecule has 0 unspecified atom stereocenters. The molecule has 1 N–H and O–H groups in total. The molecule has 0 fully saturated rings. The highest BCUT2D eigenvalue weighted by Gasteiger charge is 2.21. The fourth-order valence-corrected chi connectivity index (χ4v) is 1.57. The Morgan fingerprint density at radius 2 is 1.89 bits per heavy atom. The molecule has 1 aromatic heterocycles. The van der Waals surface area contributed by atoms with Crippen molar-refractivity contribution in [2.45, 2.75) is 6.92 Å². The van der Waals surface area contributed by atoms with Crippen molar-refractivity contribution in [1.82, 2.24) is 9.97 Å². The molecule has 0 aliphatic carbocycles. The largest absolute Gasteiger partial charge is 0.464 e. The minimum atomic E-state index is -0.608. The average molecular weight is 244 g/mol. The first-order valence-electron chi connectivity index (χ1n) is 5.36. The third-order valence-electron chi connectivity index (χ3n) is 2.56. The summed E-state index contributed by atoms with van der Waals surface area (Å²) >= 11 is 0. The van der Waals surface area contributed by atoms with Crippen LogP contribution in [-0.2, 0) is 4.74 Å². The lowest BCUT2D eigenvalue weighted by Gasteiger charge is -2.01. The standard InChI is InChI=1S/C13H12N2O3/c1-8-3-5-9(6-4-8)12(16)10-11(13(17)18-2)15-7-14-10/h3-7H,1-2H3,(H,14,15). The van der Waals surface area contributed by atoms with Crippen molar-refractivity contribution in [3.8, 4) is 0 Å². The number of imidazole rings is 1. The highest BCUT2D eigenvalue weighted by atomic mass is 16.5. The number of methoxy groups -OCH3 is 1. The lowest BCUT2D eigenvalue weighted by Crippen LogP contribution is -2.11. The van der Waals surface area contributed by atoms with Crippen LogP contribution >= 0.6 is 0 Å². The van der Waals surface area contributed by atoms with Gasteiger partial charge >= 0.3 is 5.97 Å². The number of carbonyl (C=O) groups is 2. The molecule has 0 aliphatic heterocycles. The Morgan fingerprint density at radius 1 is 1.22 bits per heavy atom. The summed E-state index contributed by atoms with van der Waals surface area (Å²) in [7, 11) is 1.25. The topological polar surface area (TPSA) is 72.1 Å². The summed E-state index contributed by atoms with van der Waals surface area (Å²) in [5.74, 6) is -0.917. The molecule has 0 atom stereocenters. The first-order valence-corrected chi connectivity index (χ1v) is 5.36. The van der Waals surface area contributed by atoms with Crippen molar-refractivity contribution >= 4 is 11.8 Å². The van der Waals surface area contributed by atoms with Crippen LogP contribution in [0, 0.1) is 6.92 Å². The SMILES string of the molecule is COC(=O)c1[nH]cnc1C(=O)c1ccc(C)cc1. The van der Waals surface area contributed by atoms with Crippen molar-refractivity contribution in [3.05, 3.63) is 53.1 Å². The number of rotatable bonds is 3. The van der Waals surface area contributed by atoms with Gasteiger partial charge in [-0.15, -0.1) is 0 Å². The number of esters is 1. The Hall–Kier alpha value is -2.43. The lowest BCUT2D eigenvalue weighted by atomic mass is 10.1. The van der Waals surface area contributed by atoms with Gasteiger partial charge < -0.3 is 9.72 Å². The molecule has 0 saturated heterocycles. The predicted octanol–water partition coefficient (Wildman–Crippen LogP) is 1.74. The van der Waals surface area contributed by atoms with Crippen LogP contribution in [0.15, 0.2) is 30.6 Å². The smallest absolute Gasteiger partial charge is 0.356 e. The van der Waals surface area contributed by atoms with Gasteiger partial charge in [-0.1, -0.05) is 29.8 Å². The third-order valence-corrected chi connectivity index (χ3v) is 2.56. The van der Waals surface area contributed by atoms with Crippen molar-refractivity contribution in [2.24, 2.45) is 0 Å². The van der Waals surface area contributed by atoms with Crippen LogP contribution in [0.1, 0.15) is 32.1 Å². The van der Waals surface area contributed by atoms with Gasteiger partial charge in [0.1, 0.15) is 5.69 Å². The van der Waals surface area contributed by atoms with E-state index in [1.54, 1.807) is 12.1 Å². The van der Waals surface area contributed by atoms with Crippen LogP contribution in [-0.4, -0.2) is 28.8 Å². The van der Waals surface area contributed by atoms with E-state index in [1.807, 2.05) is 19.1 Å². The predicted molar refractivity (Wildman–Crippen MR) is 64.5 cm³/mol. The summed E-state index contributed by atoms with van der Waals surface area (Å²) < 4.78 is 4.58. The van der Waals surface area contributed by atoms with Crippen LogP contribution in [0.25, 0.3) is 0 Å². The quantitative estimate of drug-likeness (QED) is 0.659. The number of carbonyl (C=O) groups excluding carboxylic acids is 2. The van der Waals surface area contributed by atoms with Crippen LogP contribution in [0.3, 0.4) is 0 Å². The normalized spacial score (nSPS) is 10.1. The van der Waals surface area contributed by atoms with E-state index in [0.29, 0.717) is 5.56 Å². The molecular weight excluding hydrogens is 232 g/mol. The van der Waals surface area contributed by atoms with Gasteiger partial charge in [0, 0.05) is 5.56 Å². The highest BCUT2D eigenvalue weighted by molar-refractivity contribution is 6.12. The summed E-state index contributed by atoms with van der Waals surface area (Å²) in [5.41, 5.74) is 1.69. The molecular formula is C13H12N2O3. The fourth-order valence-electron chi connectivity index (χ4n) is 1.57. The third kappa shape index (κ3) is 2.15. The van der Waals surface area contributed by atoms with E-state index in [2.05, 4.69) is 14.7 Å². The fraction of sp³-hybridized carbons (Fsp3) is 0.154. The Balaban J connectivity index is 2.37. The van der Waals surface area contributed by atoms with Crippen LogP contribution < -0.4 is 0 Å². The average Bonchev–Trinajstić information content (AvgIpc) is 2.87. The molecule has 0 radical (unpaired) electrons. The Bertz CT molecular complexity index is 585. The molecule has 1 heterocycles. The second kappa shape index (κ2) is 4.83. The molecule has 0 bridgehead atoms. The van der Waals surface area contributed by atoms with E-state index in [9.17, 15) is 9.59 Å². The molecule has 92 valence electrons. The maximum atomic E-state index is 12.2. The van der Waals surface area contributed by atoms with Crippen LogP contribution in [0.2, 0.25) is 0 Å². The minimum Gasteiger partial charge on any atom is -0.464 e. The van der Waals surface area contributed by atoms with Gasteiger partial charge in [-0.25, -0.2) is 9.78 Å². The van der Waals surface area contributed by atoms with E-state index < -0.39 is 5.97 Å². The summed E-state index contributed by atoms with van der Waals surface area (Å²) in [5, 5.41) is 0. The summed E-state index contributed by atoms with van der Waals surface area (Å²) in [4.78, 5) is 30.1. The zero-order valence-electron chi connectivity index (χ0n) is 10.1. The molecule has 5 nitrogen and oxygen atoms in total. The second-order valence-electron chi connectivity index (χ2n) is 3.81. The number of nitrogens with one attached hydrogen (secondary N) is 1. The van der Waals surface area contributed by atoms with E-state index in [0.717, 1.165) is 5.56 Å². The molecule has 0 spiro atoms. The zero-order chi connectivity index (χ0) is 13.1. The summed E-state index contributed by atoms with van der Waals surface area (Å²) in [6.45, 7) is 1.93. The summed E-state index contributed by atoms with van der Waals surface area (Å²) in [6, 6.07) is 7.07. The van der Waals surface area contributed by atoms with Gasteiger partial charge in [0.25, 0.3) is 0 Å². The van der Waals surface area contributed by atoms with E-state index in [4.69, 9.17) is 0 Å². The van der Waals surface area contributed by atoms with Gasteiger partial charge in [0.05, 0.1) is 13.4 Å². The molecule has 2 aromatic rings. The molecule has 0 saturated carbocycles. The summed E-state index contributed by atoms with van der Waals surface area (Å²) in [6.07, 6.45) is 1.30. The number of hydrogen-bond acceptors (Lipinski definition) is 4. The maximum Gasteiger partial charge on any atom is 0.356 e. The van der Waals surface area contributed by atoms with Gasteiger partial charge in [-0.05, 0) is 6.92 Å². The van der Waals surface area contributed by atoms with Crippen LogP contribution in [0.5, 0.6) is 0 Å². The maximum absolute atomic E-state index is 12.2. The van der Waals surface area contributed by atoms with Crippen molar-refractivity contribution < 1.29 is 14.3 Å². The highest BCUT2D eigenvalue weighted by Crippen LogP contribution is 2.12. The Labute approximate surface area is 104 Å². The van der Waals surface area contributed by atoms with Gasteiger partial charge in [0.15, 0.2) is 5.69 Å². The Morgan fingerprint density at radius 3 is 2.50 bits per heavy atom. The van der Waals surface area contributed by atoms with Crippen molar-refractivity contribution in [3.63, 3.8) is 0 Å². The molecule has 0 amide bonds. The molecule has 18 heavy (non-hydrogen) atoms. The number of aryl methyl sites for hydroxylation is 1. The van der Waals surface area contributed by atoms with Crippen molar-refractivity contribution in [2.75, 3.05) is 7.11 Å². The number of aromatic amines is 1. The number of ether oxygens (including phenoxy) is 1. The molecule has 2 rings (SSSR count).